The average Bonchev–Trinajstić information content (AvgIpc) is 2.23. The van der Waals surface area contributed by atoms with Crippen LogP contribution in [0, 0.1) is 11.3 Å². The van der Waals surface area contributed by atoms with Gasteiger partial charge in [0.25, 0.3) is 0 Å². The SMILES string of the molecule is CCOC(=O)C(C(=O)N(CC)CC(N)=O)C(C)(C)C. The van der Waals surface area contributed by atoms with E-state index in [2.05, 4.69) is 0 Å². The first-order chi connectivity index (χ1) is 8.65. The molecule has 2 N–H and O–H groups in total. The molecule has 0 heterocycles. The van der Waals surface area contributed by atoms with E-state index in [4.69, 9.17) is 10.5 Å². The highest BCUT2D eigenvalue weighted by Crippen LogP contribution is 2.29. The average molecular weight is 272 g/mol. The molecule has 0 radical (unpaired) electrons. The molecule has 0 aromatic heterocycles. The third-order valence-corrected chi connectivity index (χ3v) is 2.68. The highest BCUT2D eigenvalue weighted by molar-refractivity contribution is 5.99. The van der Waals surface area contributed by atoms with Gasteiger partial charge in [-0.3, -0.25) is 14.4 Å². The van der Waals surface area contributed by atoms with Crippen LogP contribution in [0.3, 0.4) is 0 Å². The smallest absolute Gasteiger partial charge is 0.319 e. The van der Waals surface area contributed by atoms with Crippen molar-refractivity contribution in [2.24, 2.45) is 17.1 Å². The van der Waals surface area contributed by atoms with Crippen molar-refractivity contribution in [1.29, 1.82) is 0 Å². The number of carbonyl (C=O) groups is 3. The quantitative estimate of drug-likeness (QED) is 0.564. The van der Waals surface area contributed by atoms with Crippen LogP contribution in [-0.2, 0) is 19.1 Å². The van der Waals surface area contributed by atoms with E-state index in [-0.39, 0.29) is 13.2 Å². The summed E-state index contributed by atoms with van der Waals surface area (Å²) in [5.41, 5.74) is 4.51. The second kappa shape index (κ2) is 7.11. The van der Waals surface area contributed by atoms with Crippen LogP contribution in [0.4, 0.5) is 0 Å². The fraction of sp³-hybridized carbons (Fsp3) is 0.769. The molecule has 0 saturated heterocycles. The van der Waals surface area contributed by atoms with Gasteiger partial charge in [0.05, 0.1) is 13.2 Å². The molecule has 0 saturated carbocycles. The van der Waals surface area contributed by atoms with E-state index in [1.807, 2.05) is 0 Å². The number of primary amides is 1. The monoisotopic (exact) mass is 272 g/mol. The molecule has 6 heteroatoms. The van der Waals surface area contributed by atoms with Gasteiger partial charge in [-0.05, 0) is 19.3 Å². The standard InChI is InChI=1S/C13H24N2O4/c1-6-15(8-9(14)16)11(17)10(13(3,4)5)12(18)19-7-2/h10H,6-8H2,1-5H3,(H2,14,16). The Hall–Kier alpha value is -1.59. The summed E-state index contributed by atoms with van der Waals surface area (Å²) in [4.78, 5) is 36.6. The van der Waals surface area contributed by atoms with Crippen LogP contribution in [0.1, 0.15) is 34.6 Å². The highest BCUT2D eigenvalue weighted by atomic mass is 16.5. The lowest BCUT2D eigenvalue weighted by Gasteiger charge is -2.31. The molecule has 0 aliphatic rings. The molecule has 0 rings (SSSR count). The summed E-state index contributed by atoms with van der Waals surface area (Å²) in [6.07, 6.45) is 0. The molecule has 110 valence electrons. The van der Waals surface area contributed by atoms with Crippen LogP contribution < -0.4 is 5.73 Å². The fourth-order valence-electron chi connectivity index (χ4n) is 1.77. The number of carbonyl (C=O) groups excluding carboxylic acids is 3. The fourth-order valence-corrected chi connectivity index (χ4v) is 1.77. The van der Waals surface area contributed by atoms with E-state index in [1.165, 1.54) is 4.90 Å². The molecule has 19 heavy (non-hydrogen) atoms. The zero-order valence-corrected chi connectivity index (χ0v) is 12.4. The zero-order chi connectivity index (χ0) is 15.2. The lowest BCUT2D eigenvalue weighted by molar-refractivity contribution is -0.161. The maximum absolute atomic E-state index is 12.4. The molecule has 1 atom stereocenters. The van der Waals surface area contributed by atoms with E-state index < -0.39 is 29.1 Å². The first-order valence-corrected chi connectivity index (χ1v) is 6.38. The van der Waals surface area contributed by atoms with Crippen LogP contribution in [0.2, 0.25) is 0 Å². The van der Waals surface area contributed by atoms with Gasteiger partial charge in [0, 0.05) is 6.54 Å². The van der Waals surface area contributed by atoms with Gasteiger partial charge >= 0.3 is 5.97 Å². The minimum absolute atomic E-state index is 0.193. The Bertz CT molecular complexity index is 347. The molecule has 0 fully saturated rings. The number of nitrogens with zero attached hydrogens (tertiary/aromatic N) is 1. The van der Waals surface area contributed by atoms with E-state index in [0.29, 0.717) is 6.54 Å². The topological polar surface area (TPSA) is 89.7 Å². The number of likely N-dealkylation sites (N-methyl/N-ethyl adjacent to an activating group) is 1. The Labute approximate surface area is 114 Å². The van der Waals surface area contributed by atoms with Crippen molar-refractivity contribution >= 4 is 17.8 Å². The van der Waals surface area contributed by atoms with Gasteiger partial charge in [-0.15, -0.1) is 0 Å². The minimum Gasteiger partial charge on any atom is -0.465 e. The number of amides is 2. The number of hydrogen-bond donors (Lipinski definition) is 1. The number of nitrogens with two attached hydrogens (primary N) is 1. The molecule has 0 spiro atoms. The number of ether oxygens (including phenoxy) is 1. The molecule has 0 aliphatic carbocycles. The van der Waals surface area contributed by atoms with Crippen LogP contribution >= 0.6 is 0 Å². The molecule has 0 aromatic rings. The van der Waals surface area contributed by atoms with Crippen molar-refractivity contribution in [3.8, 4) is 0 Å². The van der Waals surface area contributed by atoms with Gasteiger partial charge in [-0.2, -0.15) is 0 Å². The second-order valence-electron chi connectivity index (χ2n) is 5.37. The third kappa shape index (κ3) is 5.28. The first kappa shape index (κ1) is 17.4. The maximum Gasteiger partial charge on any atom is 0.319 e. The molecule has 0 bridgehead atoms. The van der Waals surface area contributed by atoms with Crippen molar-refractivity contribution in [3.05, 3.63) is 0 Å². The van der Waals surface area contributed by atoms with Crippen molar-refractivity contribution in [1.82, 2.24) is 4.90 Å². The highest BCUT2D eigenvalue weighted by Gasteiger charge is 2.41. The predicted molar refractivity (Wildman–Crippen MR) is 71.0 cm³/mol. The molecule has 0 aliphatic heterocycles. The van der Waals surface area contributed by atoms with Crippen molar-refractivity contribution < 1.29 is 19.1 Å². The Morgan fingerprint density at radius 2 is 1.74 bits per heavy atom. The van der Waals surface area contributed by atoms with E-state index in [9.17, 15) is 14.4 Å². The van der Waals surface area contributed by atoms with Crippen molar-refractivity contribution in [2.75, 3.05) is 19.7 Å². The number of rotatable bonds is 6. The Kier molecular flexibility index (Phi) is 6.52. The van der Waals surface area contributed by atoms with Crippen LogP contribution in [0.5, 0.6) is 0 Å². The zero-order valence-electron chi connectivity index (χ0n) is 12.4. The van der Waals surface area contributed by atoms with Crippen LogP contribution in [0.15, 0.2) is 0 Å². The molecule has 6 nitrogen and oxygen atoms in total. The normalized spacial score (nSPS) is 12.7. The van der Waals surface area contributed by atoms with Gasteiger partial charge in [-0.25, -0.2) is 0 Å². The molecule has 1 unspecified atom stereocenters. The summed E-state index contributed by atoms with van der Waals surface area (Å²) in [6, 6.07) is 0. The van der Waals surface area contributed by atoms with Crippen molar-refractivity contribution in [2.45, 2.75) is 34.6 Å². The van der Waals surface area contributed by atoms with Gasteiger partial charge in [0.1, 0.15) is 5.92 Å². The van der Waals surface area contributed by atoms with E-state index in [1.54, 1.807) is 34.6 Å². The second-order valence-corrected chi connectivity index (χ2v) is 5.37. The van der Waals surface area contributed by atoms with Crippen LogP contribution in [0.25, 0.3) is 0 Å². The van der Waals surface area contributed by atoms with Crippen molar-refractivity contribution in [3.63, 3.8) is 0 Å². The summed E-state index contributed by atoms with van der Waals surface area (Å²) in [5.74, 6) is -2.53. The Balaban J connectivity index is 5.20. The summed E-state index contributed by atoms with van der Waals surface area (Å²) in [7, 11) is 0. The lowest BCUT2D eigenvalue weighted by Crippen LogP contribution is -2.48. The van der Waals surface area contributed by atoms with E-state index >= 15 is 0 Å². The first-order valence-electron chi connectivity index (χ1n) is 6.38. The summed E-state index contributed by atoms with van der Waals surface area (Å²) in [6.45, 7) is 9.09. The largest absolute Gasteiger partial charge is 0.465 e. The molecule has 0 aromatic carbocycles. The molecular formula is C13H24N2O4. The maximum atomic E-state index is 12.4. The number of hydrogen-bond acceptors (Lipinski definition) is 4. The summed E-state index contributed by atoms with van der Waals surface area (Å²) in [5, 5.41) is 0. The van der Waals surface area contributed by atoms with Gasteiger partial charge in [0.15, 0.2) is 0 Å². The van der Waals surface area contributed by atoms with Gasteiger partial charge in [-0.1, -0.05) is 20.8 Å². The Morgan fingerprint density at radius 3 is 2.05 bits per heavy atom. The van der Waals surface area contributed by atoms with Crippen LogP contribution in [-0.4, -0.2) is 42.4 Å². The van der Waals surface area contributed by atoms with E-state index in [0.717, 1.165) is 0 Å². The number of esters is 1. The molecular weight excluding hydrogens is 248 g/mol. The Morgan fingerprint density at radius 1 is 1.21 bits per heavy atom. The lowest BCUT2D eigenvalue weighted by atomic mass is 9.79. The summed E-state index contributed by atoms with van der Waals surface area (Å²) < 4.78 is 4.95. The summed E-state index contributed by atoms with van der Waals surface area (Å²) >= 11 is 0. The minimum atomic E-state index is -0.938. The van der Waals surface area contributed by atoms with Gasteiger partial charge < -0.3 is 15.4 Å². The molecule has 2 amide bonds. The predicted octanol–water partition coefficient (Wildman–Crippen LogP) is 0.546. The third-order valence-electron chi connectivity index (χ3n) is 2.68. The van der Waals surface area contributed by atoms with Gasteiger partial charge in [0.2, 0.25) is 11.8 Å².